The van der Waals surface area contributed by atoms with Gasteiger partial charge in [0.1, 0.15) is 23.7 Å². The molecule has 8 rings (SSSR count). The summed E-state index contributed by atoms with van der Waals surface area (Å²) < 4.78 is 45.9. The molecule has 1 saturated carbocycles. The lowest BCUT2D eigenvalue weighted by atomic mass is 9.89. The largest absolute Gasteiger partial charge is 0.374 e. The lowest BCUT2D eigenvalue weighted by Crippen LogP contribution is -2.55. The number of rotatable bonds is 10. The third-order valence-electron chi connectivity index (χ3n) is 12.1. The third kappa shape index (κ3) is 9.12. The molecule has 3 aliphatic heterocycles. The highest BCUT2D eigenvalue weighted by atomic mass is 19.1. The number of hydrogen-bond acceptors (Lipinski definition) is 9. The molecule has 4 heterocycles. The number of carbonyl (C=O) groups is 3. The van der Waals surface area contributed by atoms with Crippen molar-refractivity contribution < 1.29 is 27.6 Å². The van der Waals surface area contributed by atoms with Crippen molar-refractivity contribution >= 4 is 35.0 Å². The summed E-state index contributed by atoms with van der Waals surface area (Å²) in [5.74, 6) is -1.43. The van der Waals surface area contributed by atoms with Crippen molar-refractivity contribution in [2.45, 2.75) is 88.1 Å². The Morgan fingerprint density at radius 3 is 2.24 bits per heavy atom. The van der Waals surface area contributed by atoms with E-state index >= 15 is 8.78 Å². The number of piperidine rings is 3. The molecular formula is C44H49F3N8O3. The van der Waals surface area contributed by atoms with Crippen molar-refractivity contribution in [3.8, 4) is 22.4 Å². The summed E-state index contributed by atoms with van der Waals surface area (Å²) >= 11 is 0. The number of aromatic nitrogens is 2. The lowest BCUT2D eigenvalue weighted by molar-refractivity contribution is -0.133. The number of hydrogen-bond donors (Lipinski definition) is 4. The summed E-state index contributed by atoms with van der Waals surface area (Å²) in [5.41, 5.74) is 3.68. The highest BCUT2D eigenvalue weighted by Gasteiger charge is 2.38. The third-order valence-corrected chi connectivity index (χ3v) is 12.1. The minimum absolute atomic E-state index is 0.0536. The van der Waals surface area contributed by atoms with Crippen LogP contribution in [-0.4, -0.2) is 89.1 Å². The molecule has 4 aromatic rings. The molecular weight excluding hydrogens is 746 g/mol. The van der Waals surface area contributed by atoms with Crippen LogP contribution in [0.25, 0.3) is 22.4 Å². The van der Waals surface area contributed by atoms with E-state index < -0.39 is 29.8 Å². The standard InChI is InChI=1S/C44H49F3N8O3/c45-34-24-33(49-37-14-16-40(56)52-43(37)58)13-15-38(34)55-22-19-39(36(47)26-55)54-20-17-28(18-21-54)42(57)50-31-9-11-32(12-10-31)51-44-48-25-35(46)41(53-44)30-8-4-7-29(23-30)27-5-2-1-3-6-27/h1-8,13,15,23-25,28,31-32,36-37,39,49H,9-12,14,16-22,26H2,(H,50,57)(H,48,51,53)(H,52,56,58). The Kier molecular flexibility index (Phi) is 11.9. The lowest BCUT2D eigenvalue weighted by Gasteiger charge is -2.44. The quantitative estimate of drug-likeness (QED) is 0.134. The SMILES string of the molecule is O=C1CCC(Nc2ccc(N3CCC(N4CCC(C(=O)NC5CCC(Nc6ncc(F)c(-c7cccc(-c8ccccc8)c7)n6)CC5)CC4)C(F)C3)c(F)c2)C(=O)N1. The van der Waals surface area contributed by atoms with Crippen LogP contribution in [0.5, 0.6) is 0 Å². The number of nitrogens with zero attached hydrogens (tertiary/aromatic N) is 4. The Labute approximate surface area is 336 Å². The monoisotopic (exact) mass is 794 g/mol. The topological polar surface area (TPSA) is 132 Å². The van der Waals surface area contributed by atoms with Crippen LogP contribution in [0.2, 0.25) is 0 Å². The van der Waals surface area contributed by atoms with E-state index in [9.17, 15) is 18.8 Å². The number of carbonyl (C=O) groups excluding carboxylic acids is 3. The molecule has 14 heteroatoms. The van der Waals surface area contributed by atoms with Gasteiger partial charge < -0.3 is 20.9 Å². The molecule has 0 bridgehead atoms. The van der Waals surface area contributed by atoms with Gasteiger partial charge in [-0.3, -0.25) is 24.6 Å². The van der Waals surface area contributed by atoms with Crippen LogP contribution in [0.15, 0.2) is 79.0 Å². The molecule has 1 aliphatic carbocycles. The number of nitrogens with one attached hydrogen (secondary N) is 4. The van der Waals surface area contributed by atoms with Gasteiger partial charge >= 0.3 is 0 Å². The van der Waals surface area contributed by atoms with Crippen molar-refractivity contribution in [1.82, 2.24) is 25.5 Å². The number of anilines is 3. The van der Waals surface area contributed by atoms with Crippen molar-refractivity contribution in [2.24, 2.45) is 5.92 Å². The van der Waals surface area contributed by atoms with Crippen LogP contribution in [0.1, 0.15) is 57.8 Å². The van der Waals surface area contributed by atoms with Crippen LogP contribution < -0.4 is 26.2 Å². The molecule has 3 atom stereocenters. The van der Waals surface area contributed by atoms with Crippen LogP contribution >= 0.6 is 0 Å². The molecule has 4 fully saturated rings. The first kappa shape index (κ1) is 39.3. The molecule has 4 N–H and O–H groups in total. The Bertz CT molecular complexity index is 2110. The van der Waals surface area contributed by atoms with E-state index in [0.29, 0.717) is 68.2 Å². The van der Waals surface area contributed by atoms with E-state index in [0.717, 1.165) is 36.8 Å². The average Bonchev–Trinajstić information content (AvgIpc) is 3.24. The molecule has 1 aromatic heterocycles. The van der Waals surface area contributed by atoms with Gasteiger partial charge in [0.15, 0.2) is 5.82 Å². The fourth-order valence-electron chi connectivity index (χ4n) is 8.90. The predicted octanol–water partition coefficient (Wildman–Crippen LogP) is 6.47. The second-order valence-electron chi connectivity index (χ2n) is 16.0. The molecule has 3 saturated heterocycles. The summed E-state index contributed by atoms with van der Waals surface area (Å²) in [5, 5.41) is 11.9. The summed E-state index contributed by atoms with van der Waals surface area (Å²) in [6, 6.07) is 21.4. The van der Waals surface area contributed by atoms with Gasteiger partial charge in [-0.15, -0.1) is 0 Å². The Morgan fingerprint density at radius 2 is 1.50 bits per heavy atom. The second-order valence-corrected chi connectivity index (χ2v) is 16.0. The summed E-state index contributed by atoms with van der Waals surface area (Å²) in [7, 11) is 0. The summed E-state index contributed by atoms with van der Waals surface area (Å²) in [6.07, 6.45) is 5.66. The number of halogens is 3. The van der Waals surface area contributed by atoms with E-state index in [1.165, 1.54) is 12.3 Å². The van der Waals surface area contributed by atoms with E-state index in [2.05, 4.69) is 36.1 Å². The zero-order chi connectivity index (χ0) is 40.2. The highest BCUT2D eigenvalue weighted by Crippen LogP contribution is 2.32. The number of amides is 3. The number of alkyl halides is 1. The van der Waals surface area contributed by atoms with Gasteiger partial charge in [0.25, 0.3) is 0 Å². The van der Waals surface area contributed by atoms with Gasteiger partial charge in [0.05, 0.1) is 18.4 Å². The maximum absolute atomic E-state index is 15.7. The van der Waals surface area contributed by atoms with Crippen molar-refractivity contribution in [3.05, 3.63) is 90.6 Å². The Balaban J connectivity index is 0.768. The maximum atomic E-state index is 15.7. The van der Waals surface area contributed by atoms with Gasteiger partial charge in [-0.05, 0) is 99.8 Å². The smallest absolute Gasteiger partial charge is 0.249 e. The van der Waals surface area contributed by atoms with Gasteiger partial charge in [-0.25, -0.2) is 23.1 Å². The van der Waals surface area contributed by atoms with Gasteiger partial charge in [-0.1, -0.05) is 48.5 Å². The number of likely N-dealkylation sites (tertiary alicyclic amines) is 1. The van der Waals surface area contributed by atoms with Gasteiger partial charge in [0, 0.05) is 48.3 Å². The fraction of sp³-hybridized carbons (Fsp3) is 0.432. The minimum Gasteiger partial charge on any atom is -0.374 e. The highest BCUT2D eigenvalue weighted by molar-refractivity contribution is 6.01. The van der Waals surface area contributed by atoms with Crippen molar-refractivity contribution in [2.75, 3.05) is 41.7 Å². The minimum atomic E-state index is -1.18. The molecule has 304 valence electrons. The summed E-state index contributed by atoms with van der Waals surface area (Å²) in [4.78, 5) is 49.5. The Hall–Kier alpha value is -5.50. The van der Waals surface area contributed by atoms with E-state index in [-0.39, 0.29) is 54.5 Å². The Morgan fingerprint density at radius 1 is 0.759 bits per heavy atom. The molecule has 3 aromatic carbocycles. The van der Waals surface area contributed by atoms with Crippen LogP contribution in [0.4, 0.5) is 30.5 Å². The first-order valence-electron chi connectivity index (χ1n) is 20.4. The average molecular weight is 795 g/mol. The molecule has 0 radical (unpaired) electrons. The number of benzene rings is 3. The van der Waals surface area contributed by atoms with Gasteiger partial charge in [-0.2, -0.15) is 0 Å². The second kappa shape index (κ2) is 17.6. The van der Waals surface area contributed by atoms with Crippen LogP contribution in [0.3, 0.4) is 0 Å². The maximum Gasteiger partial charge on any atom is 0.249 e. The summed E-state index contributed by atoms with van der Waals surface area (Å²) in [6.45, 7) is 1.82. The zero-order valence-electron chi connectivity index (χ0n) is 32.3. The van der Waals surface area contributed by atoms with Crippen LogP contribution in [0, 0.1) is 17.6 Å². The van der Waals surface area contributed by atoms with Crippen molar-refractivity contribution in [1.29, 1.82) is 0 Å². The first-order valence-corrected chi connectivity index (χ1v) is 20.4. The number of imide groups is 1. The molecule has 4 aliphatic rings. The van der Waals surface area contributed by atoms with E-state index in [1.807, 2.05) is 54.6 Å². The predicted molar refractivity (Wildman–Crippen MR) is 217 cm³/mol. The van der Waals surface area contributed by atoms with Gasteiger partial charge in [0.2, 0.25) is 23.7 Å². The molecule has 3 unspecified atom stereocenters. The normalized spacial score (nSPS) is 24.5. The molecule has 0 spiro atoms. The molecule has 11 nitrogen and oxygen atoms in total. The zero-order valence-corrected chi connectivity index (χ0v) is 32.3. The van der Waals surface area contributed by atoms with E-state index in [4.69, 9.17) is 0 Å². The first-order chi connectivity index (χ1) is 28.2. The molecule has 58 heavy (non-hydrogen) atoms. The van der Waals surface area contributed by atoms with E-state index in [1.54, 1.807) is 17.0 Å². The fourth-order valence-corrected chi connectivity index (χ4v) is 8.90. The van der Waals surface area contributed by atoms with Crippen LogP contribution in [-0.2, 0) is 14.4 Å². The van der Waals surface area contributed by atoms with Crippen molar-refractivity contribution in [3.63, 3.8) is 0 Å². The molecule has 3 amide bonds.